The molecule has 21 heavy (non-hydrogen) atoms. The Bertz CT molecular complexity index is 657. The highest BCUT2D eigenvalue weighted by atomic mass is 32.2. The van der Waals surface area contributed by atoms with E-state index >= 15 is 0 Å². The summed E-state index contributed by atoms with van der Waals surface area (Å²) in [5, 5.41) is 11.5. The molecule has 0 aliphatic carbocycles. The third kappa shape index (κ3) is 4.54. The van der Waals surface area contributed by atoms with Crippen LogP contribution in [0.15, 0.2) is 28.6 Å². The van der Waals surface area contributed by atoms with E-state index < -0.39 is 5.91 Å². The minimum absolute atomic E-state index is 0.169. The van der Waals surface area contributed by atoms with Gasteiger partial charge < -0.3 is 11.1 Å². The summed E-state index contributed by atoms with van der Waals surface area (Å²) in [6.45, 7) is 1.88. The number of nitrogens with one attached hydrogen (secondary N) is 1. The van der Waals surface area contributed by atoms with E-state index in [-0.39, 0.29) is 5.91 Å². The molecule has 0 atom stereocenters. The van der Waals surface area contributed by atoms with Crippen LogP contribution in [-0.4, -0.2) is 27.8 Å². The number of carbonyl (C=O) groups excluding carboxylic acids is 2. The molecule has 8 heteroatoms. The fourth-order valence-electron chi connectivity index (χ4n) is 1.59. The Hall–Kier alpha value is -1.93. The molecule has 0 radical (unpaired) electrons. The van der Waals surface area contributed by atoms with Crippen molar-refractivity contribution in [2.45, 2.75) is 17.7 Å². The van der Waals surface area contributed by atoms with Gasteiger partial charge in [-0.05, 0) is 19.1 Å². The Morgan fingerprint density at radius 1 is 1.33 bits per heavy atom. The number of rotatable bonds is 6. The quantitative estimate of drug-likeness (QED) is 0.793. The highest BCUT2D eigenvalue weighted by Crippen LogP contribution is 2.22. The second-order valence-corrected chi connectivity index (χ2v) is 6.67. The number of hydrogen-bond donors (Lipinski definition) is 2. The summed E-state index contributed by atoms with van der Waals surface area (Å²) in [7, 11) is 0. The van der Waals surface area contributed by atoms with Crippen molar-refractivity contribution >= 4 is 40.6 Å². The van der Waals surface area contributed by atoms with Gasteiger partial charge in [-0.25, -0.2) is 0 Å². The molecule has 110 valence electrons. The van der Waals surface area contributed by atoms with Crippen molar-refractivity contribution in [3.8, 4) is 0 Å². The van der Waals surface area contributed by atoms with Crippen molar-refractivity contribution in [3.63, 3.8) is 0 Å². The van der Waals surface area contributed by atoms with Gasteiger partial charge in [-0.2, -0.15) is 0 Å². The van der Waals surface area contributed by atoms with Gasteiger partial charge in [0.05, 0.1) is 11.3 Å². The van der Waals surface area contributed by atoms with E-state index in [1.54, 1.807) is 24.3 Å². The van der Waals surface area contributed by atoms with Crippen molar-refractivity contribution in [1.29, 1.82) is 0 Å². The van der Waals surface area contributed by atoms with Crippen LogP contribution in [0.25, 0.3) is 0 Å². The lowest BCUT2D eigenvalue weighted by atomic mass is 10.1. The molecule has 0 unspecified atom stereocenters. The third-order valence-corrected chi connectivity index (χ3v) is 4.50. The monoisotopic (exact) mass is 322 g/mol. The van der Waals surface area contributed by atoms with Crippen molar-refractivity contribution in [3.05, 3.63) is 34.8 Å². The molecule has 0 fully saturated rings. The van der Waals surface area contributed by atoms with Gasteiger partial charge in [0.2, 0.25) is 5.91 Å². The molecule has 3 N–H and O–H groups in total. The summed E-state index contributed by atoms with van der Waals surface area (Å²) < 4.78 is 0.845. The number of thioether (sulfide) groups is 1. The molecule has 0 saturated carbocycles. The summed E-state index contributed by atoms with van der Waals surface area (Å²) in [6.07, 6.45) is 0.316. The lowest BCUT2D eigenvalue weighted by molar-refractivity contribution is -0.115. The number of hydrogen-bond acceptors (Lipinski definition) is 6. The summed E-state index contributed by atoms with van der Waals surface area (Å²) in [4.78, 5) is 23.1. The second kappa shape index (κ2) is 7.19. The van der Waals surface area contributed by atoms with Crippen molar-refractivity contribution in [1.82, 2.24) is 10.2 Å². The maximum absolute atomic E-state index is 11.9. The molecule has 0 aliphatic rings. The van der Waals surface area contributed by atoms with Crippen molar-refractivity contribution in [2.75, 3.05) is 11.1 Å². The number of carbonyl (C=O) groups is 2. The first-order valence-electron chi connectivity index (χ1n) is 6.18. The van der Waals surface area contributed by atoms with Crippen LogP contribution in [0.1, 0.15) is 21.8 Å². The topological polar surface area (TPSA) is 98.0 Å². The van der Waals surface area contributed by atoms with Crippen LogP contribution in [-0.2, 0) is 4.79 Å². The summed E-state index contributed by atoms with van der Waals surface area (Å²) >= 11 is 2.98. The highest BCUT2D eigenvalue weighted by Gasteiger charge is 2.10. The van der Waals surface area contributed by atoms with Crippen LogP contribution >= 0.6 is 23.1 Å². The first kappa shape index (κ1) is 15.5. The molecule has 1 heterocycles. The fourth-order valence-corrected chi connectivity index (χ4v) is 3.41. The van der Waals surface area contributed by atoms with Crippen LogP contribution < -0.4 is 11.1 Å². The van der Waals surface area contributed by atoms with Gasteiger partial charge in [-0.3, -0.25) is 9.59 Å². The zero-order valence-electron chi connectivity index (χ0n) is 11.3. The number of benzene rings is 1. The molecular weight excluding hydrogens is 308 g/mol. The minimum atomic E-state index is -0.565. The molecule has 2 aromatic rings. The Kier molecular flexibility index (Phi) is 5.29. The van der Waals surface area contributed by atoms with E-state index in [1.165, 1.54) is 23.1 Å². The normalized spacial score (nSPS) is 10.3. The van der Waals surface area contributed by atoms with E-state index in [4.69, 9.17) is 5.73 Å². The van der Waals surface area contributed by atoms with Crippen LogP contribution in [0, 0.1) is 6.92 Å². The van der Waals surface area contributed by atoms with Gasteiger partial charge in [0.15, 0.2) is 4.34 Å². The Morgan fingerprint density at radius 2 is 2.10 bits per heavy atom. The molecule has 0 spiro atoms. The maximum Gasteiger partial charge on any atom is 0.250 e. The van der Waals surface area contributed by atoms with Crippen molar-refractivity contribution in [2.24, 2.45) is 5.73 Å². The summed E-state index contributed by atoms with van der Waals surface area (Å²) in [6, 6.07) is 6.67. The molecule has 1 aromatic heterocycles. The van der Waals surface area contributed by atoms with E-state index in [9.17, 15) is 9.59 Å². The molecule has 6 nitrogen and oxygen atoms in total. The van der Waals surface area contributed by atoms with Gasteiger partial charge in [-0.1, -0.05) is 35.2 Å². The Morgan fingerprint density at radius 3 is 2.76 bits per heavy atom. The fraction of sp³-hybridized carbons (Fsp3) is 0.231. The molecule has 2 amide bonds. The zero-order valence-corrected chi connectivity index (χ0v) is 13.0. The standard InChI is InChI=1S/C13H14N4O2S2/c1-8-16-17-13(21-8)20-7-6-11(18)15-10-5-3-2-4-9(10)12(14)19/h2-5H,6-7H2,1H3,(H2,14,19)(H,15,18). The number of nitrogens with two attached hydrogens (primary N) is 1. The molecule has 0 aliphatic heterocycles. The number of nitrogens with zero attached hydrogens (tertiary/aromatic N) is 2. The Labute approximate surface area is 130 Å². The summed E-state index contributed by atoms with van der Waals surface area (Å²) in [5.74, 6) is -0.138. The number of primary amides is 1. The minimum Gasteiger partial charge on any atom is -0.366 e. The predicted octanol–water partition coefficient (Wildman–Crippen LogP) is 2.07. The highest BCUT2D eigenvalue weighted by molar-refractivity contribution is 8.01. The second-order valence-electron chi connectivity index (χ2n) is 4.14. The molecule has 2 rings (SSSR count). The average molecular weight is 322 g/mol. The van der Waals surface area contributed by atoms with Gasteiger partial charge in [0.25, 0.3) is 5.91 Å². The Balaban J connectivity index is 1.86. The smallest absolute Gasteiger partial charge is 0.250 e. The first-order chi connectivity index (χ1) is 10.1. The van der Waals surface area contributed by atoms with E-state index in [2.05, 4.69) is 15.5 Å². The lowest BCUT2D eigenvalue weighted by Gasteiger charge is -2.08. The van der Waals surface area contributed by atoms with Crippen molar-refractivity contribution < 1.29 is 9.59 Å². The molecule has 0 saturated heterocycles. The zero-order chi connectivity index (χ0) is 15.2. The SMILES string of the molecule is Cc1nnc(SCCC(=O)Nc2ccccc2C(N)=O)s1. The molecule has 1 aromatic carbocycles. The van der Waals surface area contributed by atoms with E-state index in [0.29, 0.717) is 23.4 Å². The first-order valence-corrected chi connectivity index (χ1v) is 7.98. The molecular formula is C13H14N4O2S2. The lowest BCUT2D eigenvalue weighted by Crippen LogP contribution is -2.18. The summed E-state index contributed by atoms with van der Waals surface area (Å²) in [5.41, 5.74) is 6.00. The van der Waals surface area contributed by atoms with Crippen LogP contribution in [0.2, 0.25) is 0 Å². The van der Waals surface area contributed by atoms with Gasteiger partial charge in [0.1, 0.15) is 5.01 Å². The number of amides is 2. The predicted molar refractivity (Wildman–Crippen MR) is 83.6 cm³/mol. The van der Waals surface area contributed by atoms with Gasteiger partial charge >= 0.3 is 0 Å². The number of aryl methyl sites for hydroxylation is 1. The van der Waals surface area contributed by atoms with Gasteiger partial charge in [0, 0.05) is 12.2 Å². The largest absolute Gasteiger partial charge is 0.366 e. The van der Waals surface area contributed by atoms with E-state index in [1.807, 2.05) is 6.92 Å². The van der Waals surface area contributed by atoms with Crippen LogP contribution in [0.5, 0.6) is 0 Å². The van der Waals surface area contributed by atoms with E-state index in [0.717, 1.165) is 9.35 Å². The third-order valence-electron chi connectivity index (χ3n) is 2.53. The van der Waals surface area contributed by atoms with Gasteiger partial charge in [-0.15, -0.1) is 10.2 Å². The average Bonchev–Trinajstić information content (AvgIpc) is 2.85. The number of para-hydroxylation sites is 1. The van der Waals surface area contributed by atoms with Crippen LogP contribution in [0.3, 0.4) is 0 Å². The maximum atomic E-state index is 11.9. The number of anilines is 1. The number of aromatic nitrogens is 2. The molecule has 0 bridgehead atoms. The van der Waals surface area contributed by atoms with Crippen LogP contribution in [0.4, 0.5) is 5.69 Å².